The smallest absolute Gasteiger partial charge is 0.165 e. The van der Waals surface area contributed by atoms with E-state index in [2.05, 4.69) is 284 Å². The van der Waals surface area contributed by atoms with E-state index in [1.165, 1.54) is 63.2 Å². The zero-order valence-corrected chi connectivity index (χ0v) is 88.6. The first-order chi connectivity index (χ1) is 71.5. The molecule has 0 aliphatic carbocycles. The number of H-pyrrole nitrogens is 1. The maximum atomic E-state index is 13.9. The first-order valence-corrected chi connectivity index (χ1v) is 52.2. The number of anilines is 6. The molecular formula is C122H140ClF2N9O16. The van der Waals surface area contributed by atoms with Gasteiger partial charge in [-0.2, -0.15) is 0 Å². The molecule has 11 N–H and O–H groups in total. The standard InChI is InChI=1S/2C21H24FNO3.2C21H25NO3.C20H18N2O2.C18H23N3O2.ClH/c2*1-21(2,3)13-5-6-16-14(11-13)19-20(26-9-8-25-19)18(23-16)12-4-7-17(24)15(22)10-12;2*1-21(2,3)14-7-8-17-16(12-14)19-20(25-10-9-24-19)18(22-17)13-5-4-6-15(23)11-13;1-2-5-13(6-3-1)18-20-19(23-11-12-24-20)17-14-7-4-10-21-15(14)8-9-16(17)22-18;1-18(2,3)11-4-5-13-12(10-11)15-16(23-9-8-22-15)14(21-13)17-19-6-7-20-17;/h2*4-7,10-11,18-20,23-24H,8-9H2,1-3H3;2*4-8,11-12,18-20,22-23H,9-10H2,1-3H3;1-10,18-20,22H,11-12H2;4-7,10,14-16,21H,8-9H2,1-3H3,(H,19,20);1H/t18?,19-,20+;3*18-,19+,20-;18-,19-,20+;;/m10101../s1. The summed E-state index contributed by atoms with van der Waals surface area (Å²) in [6.07, 6.45) is 3.85. The molecule has 790 valence electrons. The number of nitrogens with zero attached hydrogens (tertiary/aromatic N) is 2. The zero-order valence-electron chi connectivity index (χ0n) is 87.8. The Bertz CT molecular complexity index is 6640. The highest BCUT2D eigenvalue weighted by Gasteiger charge is 2.50. The second-order valence-electron chi connectivity index (χ2n) is 45.3. The number of hydrogen-bond acceptors (Lipinski definition) is 24. The number of phenols is 4. The Hall–Kier alpha value is -12.3. The highest BCUT2D eigenvalue weighted by atomic mass is 35.5. The second kappa shape index (κ2) is 44.2. The highest BCUT2D eigenvalue weighted by molar-refractivity contribution is 5.89. The number of benzene rings is 11. The van der Waals surface area contributed by atoms with E-state index in [4.69, 9.17) is 56.8 Å². The molecule has 0 bridgehead atoms. The van der Waals surface area contributed by atoms with Crippen molar-refractivity contribution in [1.29, 1.82) is 0 Å². The molecule has 2 aromatic heterocycles. The van der Waals surface area contributed by atoms with E-state index in [0.717, 1.165) is 101 Å². The van der Waals surface area contributed by atoms with E-state index < -0.39 is 11.6 Å². The lowest BCUT2D eigenvalue weighted by atomic mass is 9.82. The van der Waals surface area contributed by atoms with Gasteiger partial charge in [-0.3, -0.25) is 4.98 Å². The number of aromatic hydroxyl groups is 4. The zero-order chi connectivity index (χ0) is 104. The Morgan fingerprint density at radius 1 is 0.267 bits per heavy atom. The van der Waals surface area contributed by atoms with Crippen LogP contribution in [0.5, 0.6) is 23.0 Å². The van der Waals surface area contributed by atoms with Crippen LogP contribution >= 0.6 is 12.4 Å². The summed E-state index contributed by atoms with van der Waals surface area (Å²) in [6.45, 7) is 40.1. The predicted octanol–water partition coefficient (Wildman–Crippen LogP) is 25.1. The number of fused-ring (bicyclic) bond motifs is 20. The quantitative estimate of drug-likeness (QED) is 0.0737. The number of halogens is 3. The molecule has 18 atom stereocenters. The van der Waals surface area contributed by atoms with Gasteiger partial charge in [0.25, 0.3) is 0 Å². The van der Waals surface area contributed by atoms with Crippen LogP contribution in [0.15, 0.2) is 249 Å². The molecule has 0 saturated carbocycles. The van der Waals surface area contributed by atoms with Crippen molar-refractivity contribution in [2.45, 2.75) is 240 Å². The van der Waals surface area contributed by atoms with Crippen molar-refractivity contribution in [2.75, 3.05) is 111 Å². The van der Waals surface area contributed by atoms with Crippen LogP contribution in [0.25, 0.3) is 10.9 Å². The van der Waals surface area contributed by atoms with Gasteiger partial charge in [-0.1, -0.05) is 237 Å². The van der Waals surface area contributed by atoms with Crippen molar-refractivity contribution in [2.24, 2.45) is 0 Å². The van der Waals surface area contributed by atoms with Crippen LogP contribution in [0.1, 0.15) is 272 Å². The Morgan fingerprint density at radius 2 is 0.560 bits per heavy atom. The number of pyridine rings is 1. The maximum absolute atomic E-state index is 13.9. The van der Waals surface area contributed by atoms with Crippen molar-refractivity contribution in [3.63, 3.8) is 0 Å². The Kier molecular flexibility index (Phi) is 31.3. The molecule has 6 fully saturated rings. The average Bonchev–Trinajstić information content (AvgIpc) is 0.786. The minimum absolute atomic E-state index is 0. The van der Waals surface area contributed by atoms with Crippen LogP contribution in [-0.2, 0) is 83.9 Å². The largest absolute Gasteiger partial charge is 0.508 e. The van der Waals surface area contributed by atoms with Gasteiger partial charge in [-0.25, -0.2) is 13.8 Å². The van der Waals surface area contributed by atoms with E-state index in [9.17, 15) is 29.2 Å². The molecule has 150 heavy (non-hydrogen) atoms. The molecule has 0 radical (unpaired) electrons. The van der Waals surface area contributed by atoms with Crippen LogP contribution in [0.2, 0.25) is 0 Å². The topological polar surface area (TPSA) is 305 Å². The first-order valence-electron chi connectivity index (χ1n) is 52.2. The SMILES string of the molecule is CC(C)(C)c1ccc2c(c1)C1OCCOC1C(c1ncc[nH]1)N2.CC(C)(C)c1ccc2c(c1)[C@@H]1OCCO[C@@H]1[C@@H](c1cccc(O)c1)N2.CC(C)(C)c1ccc2c(c1)[C@H]1OCCO[C@H]1C(c1ccc(O)c(F)c1)N2.CC(C)(C)c1ccc2c(c1)[C@H]1OCCO[C@H]1[C@H](c1ccc(O)c(F)c1)N2.CC(C)(C)c1ccc2c(c1)[C@H]1OCCO[C@H]1[C@H](c1cccc(O)c1)N2.Cl.c1ccc([C@H]2Nc3ccc4ncccc4c3[C@H]3OCCO[C@@H]23)cc1. The normalized spacial score (nSPS) is 25.5. The third-order valence-corrected chi connectivity index (χ3v) is 30.1. The number of phenolic OH excluding ortho intramolecular Hbond substituents is 4. The number of imidazole rings is 1. The van der Waals surface area contributed by atoms with Gasteiger partial charge in [0.05, 0.1) is 115 Å². The van der Waals surface area contributed by atoms with E-state index >= 15 is 0 Å². The molecule has 0 amide bonds. The fourth-order valence-electron chi connectivity index (χ4n) is 22.1. The van der Waals surface area contributed by atoms with Crippen molar-refractivity contribution in [3.8, 4) is 23.0 Å². The first kappa shape index (κ1) is 106. The molecule has 28 heteroatoms. The second-order valence-corrected chi connectivity index (χ2v) is 45.3. The van der Waals surface area contributed by atoms with E-state index in [1.807, 2.05) is 48.8 Å². The highest BCUT2D eigenvalue weighted by Crippen LogP contribution is 2.55. The Labute approximate surface area is 883 Å². The van der Waals surface area contributed by atoms with Gasteiger partial charge >= 0.3 is 0 Å². The van der Waals surface area contributed by atoms with Gasteiger partial charge in [-0.05, 0) is 180 Å². The summed E-state index contributed by atoms with van der Waals surface area (Å²) in [5, 5.41) is 61.3. The van der Waals surface area contributed by atoms with Gasteiger partial charge < -0.3 is 114 Å². The van der Waals surface area contributed by atoms with Crippen molar-refractivity contribution < 1.29 is 86.0 Å². The summed E-state index contributed by atoms with van der Waals surface area (Å²) in [5.41, 5.74) is 25.5. The van der Waals surface area contributed by atoms with Gasteiger partial charge in [0.2, 0.25) is 0 Å². The molecule has 0 spiro atoms. The van der Waals surface area contributed by atoms with Crippen LogP contribution in [-0.4, -0.2) is 151 Å². The summed E-state index contributed by atoms with van der Waals surface area (Å²) in [5.74, 6) is -0.550. The summed E-state index contributed by atoms with van der Waals surface area (Å²) in [4.78, 5) is 12.1. The lowest BCUT2D eigenvalue weighted by Gasteiger charge is -2.43. The molecule has 25 rings (SSSR count). The number of hydrogen-bond donors (Lipinski definition) is 11. The lowest BCUT2D eigenvalue weighted by Crippen LogP contribution is -2.43. The summed E-state index contributed by atoms with van der Waals surface area (Å²) < 4.78 is 101. The molecule has 11 aromatic carbocycles. The van der Waals surface area contributed by atoms with E-state index in [0.29, 0.717) is 79.3 Å². The van der Waals surface area contributed by atoms with Crippen molar-refractivity contribution in [3.05, 3.63) is 356 Å². The van der Waals surface area contributed by atoms with Crippen LogP contribution in [0.3, 0.4) is 0 Å². The molecule has 6 saturated heterocycles. The molecule has 12 aliphatic rings. The van der Waals surface area contributed by atoms with E-state index in [-0.39, 0.29) is 172 Å². The van der Waals surface area contributed by atoms with E-state index in [1.54, 1.807) is 42.6 Å². The molecule has 12 aliphatic heterocycles. The Morgan fingerprint density at radius 3 is 0.887 bits per heavy atom. The average molecular weight is 2060 g/mol. The van der Waals surface area contributed by atoms with Crippen molar-refractivity contribution in [1.82, 2.24) is 15.0 Å². The van der Waals surface area contributed by atoms with Crippen molar-refractivity contribution >= 4 is 57.4 Å². The summed E-state index contributed by atoms with van der Waals surface area (Å²) >= 11 is 0. The third kappa shape index (κ3) is 22.7. The van der Waals surface area contributed by atoms with Crippen LogP contribution < -0.4 is 31.9 Å². The lowest BCUT2D eigenvalue weighted by molar-refractivity contribution is -0.151. The minimum Gasteiger partial charge on any atom is -0.508 e. The predicted molar refractivity (Wildman–Crippen MR) is 581 cm³/mol. The van der Waals surface area contributed by atoms with Crippen LogP contribution in [0, 0.1) is 11.6 Å². The fraction of sp³-hybridized carbons (Fsp3) is 0.410. The summed E-state index contributed by atoms with van der Waals surface area (Å²) in [7, 11) is 0. The molecule has 13 aromatic rings. The maximum Gasteiger partial charge on any atom is 0.165 e. The third-order valence-electron chi connectivity index (χ3n) is 30.1. The van der Waals surface area contributed by atoms with Gasteiger partial charge in [0.1, 0.15) is 96.6 Å². The number of rotatable bonds is 6. The number of aromatic nitrogens is 3. The molecular weight excluding hydrogens is 1920 g/mol. The number of nitrogens with one attached hydrogen (secondary N) is 7. The molecule has 25 nitrogen and oxygen atoms in total. The fourth-order valence-corrected chi connectivity index (χ4v) is 22.1. The summed E-state index contributed by atoms with van der Waals surface area (Å²) in [6, 6.07) is 74.2. The number of aromatic amines is 1. The van der Waals surface area contributed by atoms with Gasteiger partial charge in [0, 0.05) is 91.5 Å². The molecule has 4 unspecified atom stereocenters. The minimum atomic E-state index is -0.633. The van der Waals surface area contributed by atoms with Gasteiger partial charge in [0.15, 0.2) is 23.1 Å². The number of ether oxygens (including phenoxy) is 12. The Balaban J connectivity index is 0.000000113. The van der Waals surface area contributed by atoms with Gasteiger partial charge in [-0.15, -0.1) is 12.4 Å². The monoisotopic (exact) mass is 2060 g/mol. The van der Waals surface area contributed by atoms with Crippen LogP contribution in [0.4, 0.5) is 42.9 Å². The molecule has 14 heterocycles.